The Hall–Kier alpha value is -3.08. The van der Waals surface area contributed by atoms with Gasteiger partial charge in [0.25, 0.3) is 0 Å². The number of nitrogens with zero attached hydrogens (tertiary/aromatic N) is 1. The van der Waals surface area contributed by atoms with E-state index >= 15 is 0 Å². The lowest BCUT2D eigenvalue weighted by Gasteiger charge is -2.20. The van der Waals surface area contributed by atoms with Crippen molar-refractivity contribution in [3.63, 3.8) is 0 Å². The monoisotopic (exact) mass is 423 g/mol. The molecule has 164 valence electrons. The van der Waals surface area contributed by atoms with Gasteiger partial charge in [-0.25, -0.2) is 4.39 Å². The molecular formula is C26H30FNO3. The van der Waals surface area contributed by atoms with E-state index < -0.39 is 0 Å². The molecule has 0 saturated carbocycles. The fraction of sp³-hybridized carbons (Fsp3) is 0.346. The molecule has 0 N–H and O–H groups in total. The summed E-state index contributed by atoms with van der Waals surface area (Å²) in [5.74, 6) is 0.412. The van der Waals surface area contributed by atoms with Gasteiger partial charge >= 0.3 is 0 Å². The molecule has 1 aromatic heterocycles. The summed E-state index contributed by atoms with van der Waals surface area (Å²) in [6.45, 7) is 9.49. The minimum atomic E-state index is -0.281. The third-order valence-electron chi connectivity index (χ3n) is 5.47. The van der Waals surface area contributed by atoms with Crippen molar-refractivity contribution in [1.29, 1.82) is 0 Å². The van der Waals surface area contributed by atoms with E-state index in [1.807, 2.05) is 24.8 Å². The molecule has 1 amide bonds. The third-order valence-corrected chi connectivity index (χ3v) is 5.47. The molecule has 3 aromatic rings. The summed E-state index contributed by atoms with van der Waals surface area (Å²) in [4.78, 5) is 14.8. The number of halogens is 1. The molecular weight excluding hydrogens is 393 g/mol. The maximum Gasteiger partial charge on any atom is 0.246 e. The van der Waals surface area contributed by atoms with Gasteiger partial charge in [0.05, 0.1) is 13.4 Å². The summed E-state index contributed by atoms with van der Waals surface area (Å²) in [7, 11) is 1.62. The molecule has 0 aliphatic heterocycles. The number of allylic oxidation sites excluding steroid dienone is 1. The molecule has 0 saturated heterocycles. The standard InChI is InChI=1S/C26H30FNO3/c1-6-12-28(13-7-2)24(29)14-17(3)21-15-22-23(19-8-10-20(27)11-9-19)16-31-26(22)18(4)25(21)30-5/h8-11,14-16H,6-7,12-13H2,1-5H3/b17-14+. The first kappa shape index (κ1) is 22.6. The number of benzene rings is 2. The van der Waals surface area contributed by atoms with Gasteiger partial charge < -0.3 is 14.1 Å². The number of rotatable bonds is 8. The molecule has 0 fully saturated rings. The molecule has 0 unspecified atom stereocenters. The summed E-state index contributed by atoms with van der Waals surface area (Å²) >= 11 is 0. The van der Waals surface area contributed by atoms with Crippen LogP contribution in [0, 0.1) is 12.7 Å². The molecule has 0 aliphatic carbocycles. The van der Waals surface area contributed by atoms with Gasteiger partial charge in [-0.1, -0.05) is 26.0 Å². The molecule has 0 atom stereocenters. The van der Waals surface area contributed by atoms with Crippen LogP contribution in [0.25, 0.3) is 27.7 Å². The van der Waals surface area contributed by atoms with E-state index in [9.17, 15) is 9.18 Å². The Bertz CT molecular complexity index is 1090. The smallest absolute Gasteiger partial charge is 0.246 e. The number of amides is 1. The number of hydrogen-bond acceptors (Lipinski definition) is 3. The number of methoxy groups -OCH3 is 1. The van der Waals surface area contributed by atoms with Crippen molar-refractivity contribution in [2.24, 2.45) is 0 Å². The first-order valence-corrected chi connectivity index (χ1v) is 10.7. The van der Waals surface area contributed by atoms with Crippen LogP contribution in [-0.2, 0) is 4.79 Å². The molecule has 3 rings (SSSR count). The van der Waals surface area contributed by atoms with Crippen molar-refractivity contribution in [1.82, 2.24) is 4.90 Å². The number of fused-ring (bicyclic) bond motifs is 1. The molecule has 0 aliphatic rings. The van der Waals surface area contributed by atoms with E-state index in [1.54, 1.807) is 31.6 Å². The normalized spacial score (nSPS) is 11.7. The molecule has 5 heteroatoms. The highest BCUT2D eigenvalue weighted by Gasteiger charge is 2.19. The van der Waals surface area contributed by atoms with Crippen LogP contribution in [0.2, 0.25) is 0 Å². The lowest BCUT2D eigenvalue weighted by molar-refractivity contribution is -0.126. The van der Waals surface area contributed by atoms with E-state index in [-0.39, 0.29) is 11.7 Å². The molecule has 0 bridgehead atoms. The maximum absolute atomic E-state index is 13.4. The van der Waals surface area contributed by atoms with Crippen molar-refractivity contribution >= 4 is 22.4 Å². The third kappa shape index (κ3) is 4.66. The quantitative estimate of drug-likeness (QED) is 0.383. The Morgan fingerprint density at radius 1 is 1.16 bits per heavy atom. The number of carbonyl (C=O) groups is 1. The summed E-state index contributed by atoms with van der Waals surface area (Å²) in [5.41, 5.74) is 5.00. The Kier molecular flexibility index (Phi) is 7.16. The fourth-order valence-corrected chi connectivity index (χ4v) is 3.95. The highest BCUT2D eigenvalue weighted by Crippen LogP contribution is 2.40. The number of aryl methyl sites for hydroxylation is 1. The second kappa shape index (κ2) is 9.82. The minimum absolute atomic E-state index is 0.00644. The van der Waals surface area contributed by atoms with Crippen LogP contribution in [-0.4, -0.2) is 31.0 Å². The SMILES string of the molecule is CCCN(CCC)C(=O)/C=C(\C)c1cc2c(-c3ccc(F)cc3)coc2c(C)c1OC. The predicted octanol–water partition coefficient (Wildman–Crippen LogP) is 6.61. The van der Waals surface area contributed by atoms with Crippen LogP contribution in [0.5, 0.6) is 5.75 Å². The van der Waals surface area contributed by atoms with Crippen molar-refractivity contribution in [2.45, 2.75) is 40.5 Å². The fourth-order valence-electron chi connectivity index (χ4n) is 3.95. The number of ether oxygens (including phenoxy) is 1. The van der Waals surface area contributed by atoms with Gasteiger partial charge in [-0.15, -0.1) is 0 Å². The highest BCUT2D eigenvalue weighted by atomic mass is 19.1. The van der Waals surface area contributed by atoms with Crippen LogP contribution >= 0.6 is 0 Å². The number of carbonyl (C=O) groups excluding carboxylic acids is 1. The Morgan fingerprint density at radius 2 is 1.81 bits per heavy atom. The maximum atomic E-state index is 13.4. The average Bonchev–Trinajstić information content (AvgIpc) is 3.18. The van der Waals surface area contributed by atoms with Crippen molar-refractivity contribution < 1.29 is 18.3 Å². The lowest BCUT2D eigenvalue weighted by Crippen LogP contribution is -2.31. The van der Waals surface area contributed by atoms with Crippen molar-refractivity contribution in [3.05, 3.63) is 59.6 Å². The summed E-state index contributed by atoms with van der Waals surface area (Å²) in [5, 5.41) is 0.902. The minimum Gasteiger partial charge on any atom is -0.496 e. The van der Waals surface area contributed by atoms with Gasteiger partial charge in [0.15, 0.2) is 0 Å². The van der Waals surface area contributed by atoms with Crippen LogP contribution in [0.4, 0.5) is 4.39 Å². The highest BCUT2D eigenvalue weighted by molar-refractivity contribution is 6.01. The van der Waals surface area contributed by atoms with Gasteiger partial charge in [-0.05, 0) is 56.0 Å². The van der Waals surface area contributed by atoms with Crippen molar-refractivity contribution in [3.8, 4) is 16.9 Å². The van der Waals surface area contributed by atoms with Crippen LogP contribution in [0.3, 0.4) is 0 Å². The summed E-state index contributed by atoms with van der Waals surface area (Å²) in [6.07, 6.45) is 5.21. The molecule has 0 spiro atoms. The molecule has 1 heterocycles. The summed E-state index contributed by atoms with van der Waals surface area (Å²) < 4.78 is 24.9. The van der Waals surface area contributed by atoms with Crippen LogP contribution in [0.1, 0.15) is 44.7 Å². The molecule has 4 nitrogen and oxygen atoms in total. The zero-order chi connectivity index (χ0) is 22.5. The van der Waals surface area contributed by atoms with E-state index in [4.69, 9.17) is 9.15 Å². The van der Waals surface area contributed by atoms with E-state index in [0.717, 1.165) is 64.7 Å². The average molecular weight is 424 g/mol. The molecule has 2 aromatic carbocycles. The second-order valence-electron chi connectivity index (χ2n) is 7.77. The van der Waals surface area contributed by atoms with Gasteiger partial charge in [0.2, 0.25) is 5.91 Å². The van der Waals surface area contributed by atoms with Gasteiger partial charge in [0.1, 0.15) is 17.1 Å². The Labute approximate surface area is 183 Å². The van der Waals surface area contributed by atoms with Gasteiger partial charge in [-0.3, -0.25) is 4.79 Å². The largest absolute Gasteiger partial charge is 0.496 e. The summed E-state index contributed by atoms with van der Waals surface area (Å²) in [6, 6.07) is 8.33. The van der Waals surface area contributed by atoms with Gasteiger partial charge in [-0.2, -0.15) is 0 Å². The first-order valence-electron chi connectivity index (χ1n) is 10.7. The zero-order valence-corrected chi connectivity index (χ0v) is 18.9. The van der Waals surface area contributed by atoms with Crippen molar-refractivity contribution in [2.75, 3.05) is 20.2 Å². The Morgan fingerprint density at radius 3 is 2.39 bits per heavy atom. The van der Waals surface area contributed by atoms with Gasteiger partial charge in [0, 0.05) is 41.2 Å². The van der Waals surface area contributed by atoms with E-state index in [0.29, 0.717) is 5.75 Å². The topological polar surface area (TPSA) is 42.7 Å². The number of furan rings is 1. The molecule has 0 radical (unpaired) electrons. The predicted molar refractivity (Wildman–Crippen MR) is 124 cm³/mol. The second-order valence-corrected chi connectivity index (χ2v) is 7.77. The van der Waals surface area contributed by atoms with Crippen LogP contribution in [0.15, 0.2) is 47.1 Å². The zero-order valence-electron chi connectivity index (χ0n) is 18.9. The molecule has 31 heavy (non-hydrogen) atoms. The van der Waals surface area contributed by atoms with E-state index in [1.165, 1.54) is 12.1 Å². The van der Waals surface area contributed by atoms with Crippen LogP contribution < -0.4 is 4.74 Å². The number of hydrogen-bond donors (Lipinski definition) is 0. The first-order chi connectivity index (χ1) is 14.9. The van der Waals surface area contributed by atoms with E-state index in [2.05, 4.69) is 13.8 Å². The lowest BCUT2D eigenvalue weighted by atomic mass is 9.96. The Balaban J connectivity index is 2.11.